The highest BCUT2D eigenvalue weighted by Gasteiger charge is 2.24. The third-order valence-corrected chi connectivity index (χ3v) is 3.82. The second-order valence-electron chi connectivity index (χ2n) is 5.78. The monoisotopic (exact) mass is 240 g/mol. The van der Waals surface area contributed by atoms with Crippen molar-refractivity contribution >= 4 is 5.91 Å². The van der Waals surface area contributed by atoms with E-state index in [1.807, 2.05) is 11.9 Å². The minimum Gasteiger partial charge on any atom is -0.343 e. The Hall–Kier alpha value is -0.570. The first-order valence-electron chi connectivity index (χ1n) is 6.99. The molecule has 100 valence electrons. The van der Waals surface area contributed by atoms with Crippen LogP contribution in [-0.4, -0.2) is 36.5 Å². The molecule has 17 heavy (non-hydrogen) atoms. The summed E-state index contributed by atoms with van der Waals surface area (Å²) in [5.74, 6) is 1.13. The van der Waals surface area contributed by atoms with E-state index in [1.165, 1.54) is 25.7 Å². The molecular formula is C14H28N2O. The van der Waals surface area contributed by atoms with Crippen molar-refractivity contribution in [3.63, 3.8) is 0 Å². The van der Waals surface area contributed by atoms with Crippen molar-refractivity contribution in [2.75, 3.05) is 13.6 Å². The highest BCUT2D eigenvalue weighted by atomic mass is 16.2. The van der Waals surface area contributed by atoms with Crippen molar-refractivity contribution in [2.45, 2.75) is 65.0 Å². The van der Waals surface area contributed by atoms with E-state index >= 15 is 0 Å². The second-order valence-corrected chi connectivity index (χ2v) is 5.78. The lowest BCUT2D eigenvalue weighted by molar-refractivity contribution is -0.132. The Bertz CT molecular complexity index is 232. The normalized spacial score (nSPS) is 25.0. The van der Waals surface area contributed by atoms with E-state index in [0.29, 0.717) is 18.5 Å². The average molecular weight is 240 g/mol. The van der Waals surface area contributed by atoms with Gasteiger partial charge in [0.1, 0.15) is 0 Å². The zero-order valence-corrected chi connectivity index (χ0v) is 11.8. The molecule has 1 amide bonds. The molecule has 1 saturated carbocycles. The molecule has 0 aromatic heterocycles. The van der Waals surface area contributed by atoms with Gasteiger partial charge in [0, 0.05) is 32.1 Å². The van der Waals surface area contributed by atoms with E-state index in [0.717, 1.165) is 12.5 Å². The molecule has 3 nitrogen and oxygen atoms in total. The van der Waals surface area contributed by atoms with Crippen molar-refractivity contribution in [3.8, 4) is 0 Å². The fraction of sp³-hybridized carbons (Fsp3) is 0.929. The van der Waals surface area contributed by atoms with Crippen LogP contribution in [0, 0.1) is 5.92 Å². The van der Waals surface area contributed by atoms with Gasteiger partial charge in [-0.15, -0.1) is 0 Å². The summed E-state index contributed by atoms with van der Waals surface area (Å²) in [5.41, 5.74) is 0. The first kappa shape index (κ1) is 14.5. The van der Waals surface area contributed by atoms with E-state index in [2.05, 4.69) is 26.1 Å². The van der Waals surface area contributed by atoms with Crippen LogP contribution in [-0.2, 0) is 4.79 Å². The molecule has 0 saturated heterocycles. The molecular weight excluding hydrogens is 212 g/mol. The SMILES string of the molecule is CC1CCC(N(C)C(=O)CCNC(C)C)CC1. The van der Waals surface area contributed by atoms with Crippen LogP contribution in [0.5, 0.6) is 0 Å². The highest BCUT2D eigenvalue weighted by Crippen LogP contribution is 2.26. The summed E-state index contributed by atoms with van der Waals surface area (Å²) in [5, 5.41) is 3.29. The molecule has 0 aromatic rings. The molecule has 0 unspecified atom stereocenters. The standard InChI is InChI=1S/C14H28N2O/c1-11(2)15-10-9-14(17)16(4)13-7-5-12(3)6-8-13/h11-13,15H,5-10H2,1-4H3. The Labute approximate surface area is 106 Å². The van der Waals surface area contributed by atoms with E-state index in [-0.39, 0.29) is 5.91 Å². The van der Waals surface area contributed by atoms with Gasteiger partial charge in [0.05, 0.1) is 0 Å². The summed E-state index contributed by atoms with van der Waals surface area (Å²) in [4.78, 5) is 14.0. The number of carbonyl (C=O) groups excluding carboxylic acids is 1. The second kappa shape index (κ2) is 7.00. The minimum atomic E-state index is 0.290. The average Bonchev–Trinajstić information content (AvgIpc) is 2.28. The van der Waals surface area contributed by atoms with Gasteiger partial charge < -0.3 is 10.2 Å². The Morgan fingerprint density at radius 1 is 1.29 bits per heavy atom. The van der Waals surface area contributed by atoms with Gasteiger partial charge in [-0.2, -0.15) is 0 Å². The van der Waals surface area contributed by atoms with Crippen LogP contribution < -0.4 is 5.32 Å². The number of hydrogen-bond acceptors (Lipinski definition) is 2. The molecule has 1 aliphatic carbocycles. The van der Waals surface area contributed by atoms with Crippen LogP contribution in [0.25, 0.3) is 0 Å². The van der Waals surface area contributed by atoms with Gasteiger partial charge in [-0.05, 0) is 31.6 Å². The molecule has 1 fully saturated rings. The lowest BCUT2D eigenvalue weighted by Crippen LogP contribution is -2.40. The van der Waals surface area contributed by atoms with E-state index in [9.17, 15) is 4.79 Å². The van der Waals surface area contributed by atoms with E-state index in [1.54, 1.807) is 0 Å². The lowest BCUT2D eigenvalue weighted by atomic mass is 9.86. The molecule has 0 spiro atoms. The Kier molecular flexibility index (Phi) is 5.96. The van der Waals surface area contributed by atoms with Gasteiger partial charge in [0.25, 0.3) is 0 Å². The van der Waals surface area contributed by atoms with Crippen LogP contribution in [0.3, 0.4) is 0 Å². The van der Waals surface area contributed by atoms with Crippen LogP contribution in [0.1, 0.15) is 52.9 Å². The van der Waals surface area contributed by atoms with Gasteiger partial charge in [0.2, 0.25) is 5.91 Å². The fourth-order valence-corrected chi connectivity index (χ4v) is 2.48. The number of amides is 1. The van der Waals surface area contributed by atoms with Crippen LogP contribution in [0.15, 0.2) is 0 Å². The zero-order valence-electron chi connectivity index (χ0n) is 11.8. The molecule has 0 bridgehead atoms. The molecule has 0 heterocycles. The smallest absolute Gasteiger partial charge is 0.223 e. The largest absolute Gasteiger partial charge is 0.343 e. The number of nitrogens with zero attached hydrogens (tertiary/aromatic N) is 1. The Morgan fingerprint density at radius 2 is 1.88 bits per heavy atom. The third kappa shape index (κ3) is 5.07. The Balaban J connectivity index is 2.26. The van der Waals surface area contributed by atoms with Gasteiger partial charge in [0.15, 0.2) is 0 Å². The van der Waals surface area contributed by atoms with E-state index in [4.69, 9.17) is 0 Å². The first-order chi connectivity index (χ1) is 8.00. The van der Waals surface area contributed by atoms with Gasteiger partial charge in [-0.25, -0.2) is 0 Å². The van der Waals surface area contributed by atoms with Gasteiger partial charge in [-0.3, -0.25) is 4.79 Å². The maximum absolute atomic E-state index is 12.0. The van der Waals surface area contributed by atoms with Crippen LogP contribution >= 0.6 is 0 Å². The summed E-state index contributed by atoms with van der Waals surface area (Å²) in [6.45, 7) is 7.32. The van der Waals surface area contributed by atoms with E-state index < -0.39 is 0 Å². The summed E-state index contributed by atoms with van der Waals surface area (Å²) < 4.78 is 0. The molecule has 1 aliphatic rings. The van der Waals surface area contributed by atoms with Crippen molar-refractivity contribution in [2.24, 2.45) is 5.92 Å². The Morgan fingerprint density at radius 3 is 2.41 bits per heavy atom. The van der Waals surface area contributed by atoms with Crippen molar-refractivity contribution in [1.29, 1.82) is 0 Å². The number of rotatable bonds is 5. The molecule has 1 rings (SSSR count). The quantitative estimate of drug-likeness (QED) is 0.800. The van der Waals surface area contributed by atoms with Crippen LogP contribution in [0.4, 0.5) is 0 Å². The third-order valence-electron chi connectivity index (χ3n) is 3.82. The summed E-state index contributed by atoms with van der Waals surface area (Å²) in [7, 11) is 1.97. The molecule has 0 aliphatic heterocycles. The molecule has 0 aromatic carbocycles. The molecule has 0 radical (unpaired) electrons. The molecule has 3 heteroatoms. The number of nitrogens with one attached hydrogen (secondary N) is 1. The van der Waals surface area contributed by atoms with Crippen molar-refractivity contribution < 1.29 is 4.79 Å². The fourth-order valence-electron chi connectivity index (χ4n) is 2.48. The molecule has 0 atom stereocenters. The first-order valence-corrected chi connectivity index (χ1v) is 6.99. The van der Waals surface area contributed by atoms with Crippen molar-refractivity contribution in [3.05, 3.63) is 0 Å². The topological polar surface area (TPSA) is 32.3 Å². The highest BCUT2D eigenvalue weighted by molar-refractivity contribution is 5.76. The number of carbonyl (C=O) groups is 1. The zero-order chi connectivity index (χ0) is 12.8. The number of hydrogen-bond donors (Lipinski definition) is 1. The minimum absolute atomic E-state index is 0.290. The van der Waals surface area contributed by atoms with Gasteiger partial charge >= 0.3 is 0 Å². The maximum Gasteiger partial charge on any atom is 0.223 e. The lowest BCUT2D eigenvalue weighted by Gasteiger charge is -2.33. The summed E-state index contributed by atoms with van der Waals surface area (Å²) >= 11 is 0. The predicted molar refractivity (Wildman–Crippen MR) is 71.9 cm³/mol. The predicted octanol–water partition coefficient (Wildman–Crippen LogP) is 2.41. The maximum atomic E-state index is 12.0. The summed E-state index contributed by atoms with van der Waals surface area (Å²) in [6.07, 6.45) is 5.53. The van der Waals surface area contributed by atoms with Gasteiger partial charge in [-0.1, -0.05) is 20.8 Å². The summed E-state index contributed by atoms with van der Waals surface area (Å²) in [6, 6.07) is 0.946. The van der Waals surface area contributed by atoms with Crippen molar-refractivity contribution in [1.82, 2.24) is 10.2 Å². The van der Waals surface area contributed by atoms with Crippen LogP contribution in [0.2, 0.25) is 0 Å². The molecule has 1 N–H and O–H groups in total.